The van der Waals surface area contributed by atoms with Crippen LogP contribution in [-0.2, 0) is 14.4 Å². The molecule has 182 valence electrons. The molecule has 3 rings (SSSR count). The molecule has 1 saturated heterocycles. The van der Waals surface area contributed by atoms with Crippen LogP contribution in [-0.4, -0.2) is 42.8 Å². The highest BCUT2D eigenvalue weighted by atomic mass is 16.5. The van der Waals surface area contributed by atoms with E-state index in [2.05, 4.69) is 17.6 Å². The number of carbonyl (C=O) groups is 3. The van der Waals surface area contributed by atoms with Gasteiger partial charge in [0.05, 0.1) is 25.6 Å². The van der Waals surface area contributed by atoms with Crippen LogP contribution in [0.15, 0.2) is 42.5 Å². The Morgan fingerprint density at radius 2 is 1.79 bits per heavy atom. The number of rotatable bonds is 9. The molecule has 7 nitrogen and oxygen atoms in total. The van der Waals surface area contributed by atoms with Gasteiger partial charge in [-0.1, -0.05) is 49.7 Å². The van der Waals surface area contributed by atoms with Crippen molar-refractivity contribution >= 4 is 23.4 Å². The molecule has 1 heterocycles. The fraction of sp³-hybridized carbons (Fsp3) is 0.444. The van der Waals surface area contributed by atoms with Crippen molar-refractivity contribution in [2.45, 2.75) is 52.5 Å². The fourth-order valence-corrected chi connectivity index (χ4v) is 4.61. The van der Waals surface area contributed by atoms with Crippen LogP contribution in [0.3, 0.4) is 0 Å². The number of amides is 3. The van der Waals surface area contributed by atoms with Crippen LogP contribution in [0, 0.1) is 19.8 Å². The maximum atomic E-state index is 13.3. The van der Waals surface area contributed by atoms with E-state index in [0.29, 0.717) is 25.1 Å². The van der Waals surface area contributed by atoms with Crippen LogP contribution in [0.25, 0.3) is 0 Å². The van der Waals surface area contributed by atoms with Gasteiger partial charge in [0, 0.05) is 24.2 Å². The zero-order chi connectivity index (χ0) is 24.7. The van der Waals surface area contributed by atoms with Crippen molar-refractivity contribution in [2.24, 2.45) is 5.92 Å². The van der Waals surface area contributed by atoms with Crippen LogP contribution in [0.5, 0.6) is 5.75 Å². The summed E-state index contributed by atoms with van der Waals surface area (Å²) in [5.41, 5.74) is 3.51. The van der Waals surface area contributed by atoms with Gasteiger partial charge in [0.1, 0.15) is 5.75 Å². The lowest BCUT2D eigenvalue weighted by molar-refractivity contribution is -0.144. The van der Waals surface area contributed by atoms with Crippen LogP contribution in [0.4, 0.5) is 5.69 Å². The van der Waals surface area contributed by atoms with Gasteiger partial charge >= 0.3 is 0 Å². The molecule has 2 atom stereocenters. The quantitative estimate of drug-likeness (QED) is 0.582. The minimum atomic E-state index is -0.473. The molecule has 34 heavy (non-hydrogen) atoms. The topological polar surface area (TPSA) is 87.7 Å². The molecule has 0 saturated carbocycles. The summed E-state index contributed by atoms with van der Waals surface area (Å²) in [6.45, 7) is 6.39. The Balaban J connectivity index is 1.78. The van der Waals surface area contributed by atoms with Gasteiger partial charge in [0.25, 0.3) is 0 Å². The summed E-state index contributed by atoms with van der Waals surface area (Å²) in [7, 11) is 1.59. The van der Waals surface area contributed by atoms with Gasteiger partial charge in [-0.05, 0) is 43.9 Å². The van der Waals surface area contributed by atoms with Gasteiger partial charge in [-0.25, -0.2) is 0 Å². The maximum Gasteiger partial charge on any atom is 0.243 e. The van der Waals surface area contributed by atoms with Gasteiger partial charge < -0.3 is 20.3 Å². The van der Waals surface area contributed by atoms with Crippen molar-refractivity contribution in [1.82, 2.24) is 10.2 Å². The Morgan fingerprint density at radius 1 is 1.09 bits per heavy atom. The molecule has 1 fully saturated rings. The second-order valence-corrected chi connectivity index (χ2v) is 8.81. The van der Waals surface area contributed by atoms with E-state index >= 15 is 0 Å². The molecule has 3 amide bonds. The Hall–Kier alpha value is -3.35. The maximum absolute atomic E-state index is 13.3. The largest absolute Gasteiger partial charge is 0.496 e. The van der Waals surface area contributed by atoms with E-state index in [0.717, 1.165) is 35.2 Å². The third-order valence-corrected chi connectivity index (χ3v) is 6.42. The van der Waals surface area contributed by atoms with Crippen molar-refractivity contribution in [3.8, 4) is 5.75 Å². The Bertz CT molecular complexity index is 1020. The van der Waals surface area contributed by atoms with E-state index in [-0.39, 0.29) is 24.3 Å². The van der Waals surface area contributed by atoms with Crippen molar-refractivity contribution in [3.63, 3.8) is 0 Å². The summed E-state index contributed by atoms with van der Waals surface area (Å²) in [4.78, 5) is 40.6. The van der Waals surface area contributed by atoms with Gasteiger partial charge in [0.15, 0.2) is 0 Å². The number of piperidine rings is 1. The van der Waals surface area contributed by atoms with E-state index in [1.807, 2.05) is 61.2 Å². The van der Waals surface area contributed by atoms with E-state index < -0.39 is 12.0 Å². The number of benzene rings is 2. The highest BCUT2D eigenvalue weighted by molar-refractivity contribution is 5.96. The molecule has 0 radical (unpaired) electrons. The summed E-state index contributed by atoms with van der Waals surface area (Å²) < 4.78 is 5.57. The minimum absolute atomic E-state index is 0.0428. The Labute approximate surface area is 201 Å². The second kappa shape index (κ2) is 11.7. The molecule has 7 heteroatoms. The number of aryl methyl sites for hydroxylation is 2. The van der Waals surface area contributed by atoms with Crippen LogP contribution >= 0.6 is 0 Å². The predicted molar refractivity (Wildman–Crippen MR) is 133 cm³/mol. The number of nitrogens with zero attached hydrogens (tertiary/aromatic N) is 1. The number of likely N-dealkylation sites (tertiary alicyclic amines) is 1. The first-order valence-electron chi connectivity index (χ1n) is 11.9. The molecule has 2 N–H and O–H groups in total. The van der Waals surface area contributed by atoms with E-state index in [4.69, 9.17) is 4.74 Å². The van der Waals surface area contributed by atoms with Crippen molar-refractivity contribution < 1.29 is 19.1 Å². The third-order valence-electron chi connectivity index (χ3n) is 6.42. The zero-order valence-electron chi connectivity index (χ0n) is 20.5. The average Bonchev–Trinajstić information content (AvgIpc) is 2.84. The third kappa shape index (κ3) is 5.76. The summed E-state index contributed by atoms with van der Waals surface area (Å²) in [5, 5.41) is 5.71. The molecule has 1 aliphatic rings. The molecule has 0 bridgehead atoms. The normalized spacial score (nSPS) is 17.9. The number of unbranched alkanes of at least 4 members (excludes halogenated alkanes) is 1. The number of hydrogen-bond donors (Lipinski definition) is 2. The van der Waals surface area contributed by atoms with Gasteiger partial charge in [-0.3, -0.25) is 14.4 Å². The molecule has 1 aliphatic heterocycles. The second-order valence-electron chi connectivity index (χ2n) is 8.81. The molecule has 0 aromatic heterocycles. The first-order valence-corrected chi connectivity index (χ1v) is 11.9. The molecular formula is C27H35N3O4. The molecule has 0 aliphatic carbocycles. The number of hydrogen-bond acceptors (Lipinski definition) is 4. The Kier molecular flexibility index (Phi) is 8.68. The highest BCUT2D eigenvalue weighted by Gasteiger charge is 2.41. The number of para-hydroxylation sites is 2. The minimum Gasteiger partial charge on any atom is -0.496 e. The highest BCUT2D eigenvalue weighted by Crippen LogP contribution is 2.40. The van der Waals surface area contributed by atoms with Crippen LogP contribution in [0.2, 0.25) is 0 Å². The number of ether oxygens (including phenoxy) is 1. The van der Waals surface area contributed by atoms with E-state index in [1.165, 1.54) is 0 Å². The molecular weight excluding hydrogens is 430 g/mol. The molecule has 2 aromatic carbocycles. The first kappa shape index (κ1) is 25.3. The predicted octanol–water partition coefficient (Wildman–Crippen LogP) is 4.15. The van der Waals surface area contributed by atoms with E-state index in [9.17, 15) is 14.4 Å². The summed E-state index contributed by atoms with van der Waals surface area (Å²) in [6, 6.07) is 12.9. The fourth-order valence-electron chi connectivity index (χ4n) is 4.61. The summed E-state index contributed by atoms with van der Waals surface area (Å²) in [5.74, 6) is -0.301. The number of methoxy groups -OCH3 is 1. The molecule has 0 spiro atoms. The van der Waals surface area contributed by atoms with Crippen molar-refractivity contribution in [1.29, 1.82) is 0 Å². The molecule has 2 unspecified atom stereocenters. The summed E-state index contributed by atoms with van der Waals surface area (Å²) in [6.07, 6.45) is 2.53. The van der Waals surface area contributed by atoms with Crippen molar-refractivity contribution in [2.75, 3.05) is 25.5 Å². The lowest BCUT2D eigenvalue weighted by Gasteiger charge is -2.41. The van der Waals surface area contributed by atoms with E-state index in [1.54, 1.807) is 7.11 Å². The smallest absolute Gasteiger partial charge is 0.243 e. The van der Waals surface area contributed by atoms with Crippen LogP contribution in [0.1, 0.15) is 55.3 Å². The van der Waals surface area contributed by atoms with Crippen LogP contribution < -0.4 is 15.4 Å². The number of anilines is 1. The standard InChI is InChI=1S/C27H35N3O4/c1-5-6-16-30-24(32)15-14-21(26(30)20-12-7-8-13-22(20)34-4)27(33)28-17-23(31)29-25-18(2)10-9-11-19(25)3/h7-13,21,26H,5-6,14-17H2,1-4H3,(H,28,33)(H,29,31). The average molecular weight is 466 g/mol. The zero-order valence-corrected chi connectivity index (χ0v) is 20.5. The lowest BCUT2D eigenvalue weighted by atomic mass is 9.83. The number of nitrogens with one attached hydrogen (secondary N) is 2. The molecule has 2 aromatic rings. The van der Waals surface area contributed by atoms with Gasteiger partial charge in [-0.15, -0.1) is 0 Å². The summed E-state index contributed by atoms with van der Waals surface area (Å²) >= 11 is 0. The van der Waals surface area contributed by atoms with Crippen molar-refractivity contribution in [3.05, 3.63) is 59.2 Å². The first-order chi connectivity index (χ1) is 16.4. The monoisotopic (exact) mass is 465 g/mol. The van der Waals surface area contributed by atoms with Gasteiger partial charge in [-0.2, -0.15) is 0 Å². The van der Waals surface area contributed by atoms with Gasteiger partial charge in [0.2, 0.25) is 17.7 Å². The Morgan fingerprint density at radius 3 is 2.47 bits per heavy atom. The number of carbonyl (C=O) groups excluding carboxylic acids is 3. The SMILES string of the molecule is CCCCN1C(=O)CCC(C(=O)NCC(=O)Nc2c(C)cccc2C)C1c1ccccc1OC. The lowest BCUT2D eigenvalue weighted by Crippen LogP contribution is -2.49.